The van der Waals surface area contributed by atoms with E-state index >= 15 is 0 Å². The van der Waals surface area contributed by atoms with Crippen LogP contribution in [0.25, 0.3) is 0 Å². The zero-order valence-corrected chi connectivity index (χ0v) is 11.7. The summed E-state index contributed by atoms with van der Waals surface area (Å²) in [7, 11) is 1.51. The number of phenolic OH excluding ortho intramolecular Hbond substituents is 1. The number of ether oxygens (including phenoxy) is 1. The first kappa shape index (κ1) is 14.8. The van der Waals surface area contributed by atoms with E-state index in [1.807, 2.05) is 0 Å². The van der Waals surface area contributed by atoms with E-state index in [-0.39, 0.29) is 5.69 Å². The molecule has 0 radical (unpaired) electrons. The number of benzene rings is 2. The average Bonchev–Trinajstić information content (AvgIpc) is 2.46. The molecule has 0 aliphatic rings. The van der Waals surface area contributed by atoms with Crippen LogP contribution in [0.5, 0.6) is 11.5 Å². The van der Waals surface area contributed by atoms with Gasteiger partial charge in [-0.15, -0.1) is 0 Å². The van der Waals surface area contributed by atoms with Gasteiger partial charge in [-0.3, -0.25) is 15.1 Å². The molecule has 7 heteroatoms. The summed E-state index contributed by atoms with van der Waals surface area (Å²) < 4.78 is 5.15. The molecule has 108 valence electrons. The lowest BCUT2D eigenvalue weighted by Gasteiger charge is -2.04. The predicted octanol–water partition coefficient (Wildman–Crippen LogP) is 3.71. The Hall–Kier alpha value is -2.60. The number of aromatic hydroxyl groups is 1. The van der Waals surface area contributed by atoms with Crippen molar-refractivity contribution >= 4 is 29.2 Å². The molecule has 2 aromatic carbocycles. The Kier molecular flexibility index (Phi) is 4.39. The standard InChI is InChI=1S/C14H11ClN2O4/c1-21-14-5-3-10(15)7-11(14)16-8-9-2-4-13(18)12(6-9)17(19)20/h2-8,18H,1H3. The molecule has 0 saturated heterocycles. The normalized spacial score (nSPS) is 10.8. The molecule has 0 amide bonds. The monoisotopic (exact) mass is 306 g/mol. The summed E-state index contributed by atoms with van der Waals surface area (Å²) in [6, 6.07) is 8.96. The van der Waals surface area contributed by atoms with Gasteiger partial charge in [-0.25, -0.2) is 0 Å². The molecule has 0 spiro atoms. The quantitative estimate of drug-likeness (QED) is 0.530. The van der Waals surface area contributed by atoms with Crippen molar-refractivity contribution in [1.82, 2.24) is 0 Å². The van der Waals surface area contributed by atoms with E-state index in [0.29, 0.717) is 22.0 Å². The van der Waals surface area contributed by atoms with Crippen LogP contribution in [-0.4, -0.2) is 23.4 Å². The second kappa shape index (κ2) is 6.23. The van der Waals surface area contributed by atoms with Gasteiger partial charge in [-0.1, -0.05) is 11.6 Å². The molecule has 0 saturated carbocycles. The van der Waals surface area contributed by atoms with Crippen LogP contribution >= 0.6 is 11.6 Å². The Morgan fingerprint density at radius 1 is 1.33 bits per heavy atom. The molecule has 2 aromatic rings. The highest BCUT2D eigenvalue weighted by atomic mass is 35.5. The first-order valence-corrected chi connectivity index (χ1v) is 6.24. The van der Waals surface area contributed by atoms with E-state index in [0.717, 1.165) is 0 Å². The molecule has 1 N–H and O–H groups in total. The number of rotatable bonds is 4. The number of nitro benzene ring substituents is 1. The third-order valence-electron chi connectivity index (χ3n) is 2.69. The van der Waals surface area contributed by atoms with Crippen molar-refractivity contribution in [2.45, 2.75) is 0 Å². The van der Waals surface area contributed by atoms with E-state index in [9.17, 15) is 15.2 Å². The van der Waals surface area contributed by atoms with Gasteiger partial charge < -0.3 is 9.84 Å². The number of nitro groups is 1. The molecule has 0 bridgehead atoms. The van der Waals surface area contributed by atoms with Gasteiger partial charge in [0, 0.05) is 17.3 Å². The van der Waals surface area contributed by atoms with Gasteiger partial charge in [0.1, 0.15) is 11.4 Å². The summed E-state index contributed by atoms with van der Waals surface area (Å²) in [6.45, 7) is 0. The number of phenols is 1. The van der Waals surface area contributed by atoms with Gasteiger partial charge in [0.2, 0.25) is 0 Å². The summed E-state index contributed by atoms with van der Waals surface area (Å²) in [4.78, 5) is 14.3. The molecule has 6 nitrogen and oxygen atoms in total. The Morgan fingerprint density at radius 2 is 2.10 bits per heavy atom. The topological polar surface area (TPSA) is 85.0 Å². The Labute approximate surface area is 125 Å². The third kappa shape index (κ3) is 3.49. The molecule has 0 aromatic heterocycles. The summed E-state index contributed by atoms with van der Waals surface area (Å²) in [5, 5.41) is 20.6. The van der Waals surface area contributed by atoms with Crippen molar-refractivity contribution in [3.8, 4) is 11.5 Å². The minimum atomic E-state index is -0.660. The van der Waals surface area contributed by atoms with Gasteiger partial charge in [0.25, 0.3) is 0 Å². The number of nitrogens with zero attached hydrogens (tertiary/aromatic N) is 2. The van der Waals surface area contributed by atoms with Gasteiger partial charge in [-0.05, 0) is 35.9 Å². The zero-order chi connectivity index (χ0) is 15.4. The second-order valence-corrected chi connectivity index (χ2v) is 4.52. The first-order valence-electron chi connectivity index (χ1n) is 5.86. The SMILES string of the molecule is COc1ccc(Cl)cc1N=Cc1ccc(O)c([N+](=O)[O-])c1. The number of aliphatic imine (C=N–C) groups is 1. The maximum absolute atomic E-state index is 10.8. The maximum atomic E-state index is 10.8. The average molecular weight is 307 g/mol. The largest absolute Gasteiger partial charge is 0.502 e. The predicted molar refractivity (Wildman–Crippen MR) is 80.0 cm³/mol. The van der Waals surface area contributed by atoms with Crippen LogP contribution in [0.1, 0.15) is 5.56 Å². The van der Waals surface area contributed by atoms with Crippen LogP contribution < -0.4 is 4.74 Å². The number of halogens is 1. The molecule has 21 heavy (non-hydrogen) atoms. The molecule has 0 aliphatic heterocycles. The lowest BCUT2D eigenvalue weighted by Crippen LogP contribution is -1.91. The van der Waals surface area contributed by atoms with Gasteiger partial charge in [-0.2, -0.15) is 0 Å². The van der Waals surface area contributed by atoms with Crippen LogP contribution in [0, 0.1) is 10.1 Å². The Balaban J connectivity index is 2.36. The summed E-state index contributed by atoms with van der Waals surface area (Å²) >= 11 is 5.89. The van der Waals surface area contributed by atoms with Crippen molar-refractivity contribution in [3.63, 3.8) is 0 Å². The minimum absolute atomic E-state index is 0.378. The molecule has 0 heterocycles. The third-order valence-corrected chi connectivity index (χ3v) is 2.92. The van der Waals surface area contributed by atoms with E-state index in [4.69, 9.17) is 16.3 Å². The van der Waals surface area contributed by atoms with Crippen molar-refractivity contribution < 1.29 is 14.8 Å². The fourth-order valence-corrected chi connectivity index (χ4v) is 1.84. The molecular weight excluding hydrogens is 296 g/mol. The minimum Gasteiger partial charge on any atom is -0.502 e. The van der Waals surface area contributed by atoms with Crippen LogP contribution in [0.2, 0.25) is 5.02 Å². The summed E-state index contributed by atoms with van der Waals surface area (Å²) in [5.74, 6) is 0.140. The Bertz CT molecular complexity index is 716. The molecule has 0 unspecified atom stereocenters. The highest BCUT2D eigenvalue weighted by molar-refractivity contribution is 6.30. The molecule has 0 fully saturated rings. The molecule has 0 aliphatic carbocycles. The van der Waals surface area contributed by atoms with E-state index in [2.05, 4.69) is 4.99 Å². The van der Waals surface area contributed by atoms with Gasteiger partial charge >= 0.3 is 5.69 Å². The molecule has 2 rings (SSSR count). The van der Waals surface area contributed by atoms with Crippen LogP contribution in [0.3, 0.4) is 0 Å². The van der Waals surface area contributed by atoms with E-state index < -0.39 is 10.7 Å². The number of methoxy groups -OCH3 is 1. The van der Waals surface area contributed by atoms with Crippen LogP contribution in [0.15, 0.2) is 41.4 Å². The van der Waals surface area contributed by atoms with Crippen LogP contribution in [0.4, 0.5) is 11.4 Å². The first-order chi connectivity index (χ1) is 10.0. The fraction of sp³-hybridized carbons (Fsp3) is 0.0714. The number of hydrogen-bond acceptors (Lipinski definition) is 5. The highest BCUT2D eigenvalue weighted by Gasteiger charge is 2.12. The lowest BCUT2D eigenvalue weighted by molar-refractivity contribution is -0.385. The van der Waals surface area contributed by atoms with Gasteiger partial charge in [0.05, 0.1) is 12.0 Å². The fourth-order valence-electron chi connectivity index (χ4n) is 1.68. The summed E-state index contributed by atoms with van der Waals surface area (Å²) in [6.07, 6.45) is 1.43. The van der Waals surface area contributed by atoms with Gasteiger partial charge in [0.15, 0.2) is 5.75 Å². The molecule has 0 atom stereocenters. The van der Waals surface area contributed by atoms with Crippen molar-refractivity contribution in [2.24, 2.45) is 4.99 Å². The Morgan fingerprint density at radius 3 is 2.76 bits per heavy atom. The zero-order valence-electron chi connectivity index (χ0n) is 11.0. The summed E-state index contributed by atoms with van der Waals surface area (Å²) in [5.41, 5.74) is 0.597. The second-order valence-electron chi connectivity index (χ2n) is 4.08. The lowest BCUT2D eigenvalue weighted by atomic mass is 10.2. The van der Waals surface area contributed by atoms with Crippen molar-refractivity contribution in [2.75, 3.05) is 7.11 Å². The maximum Gasteiger partial charge on any atom is 0.311 e. The van der Waals surface area contributed by atoms with Crippen molar-refractivity contribution in [3.05, 3.63) is 57.1 Å². The van der Waals surface area contributed by atoms with Crippen molar-refractivity contribution in [1.29, 1.82) is 0 Å². The molecular formula is C14H11ClN2O4. The van der Waals surface area contributed by atoms with E-state index in [1.165, 1.54) is 31.5 Å². The van der Waals surface area contributed by atoms with Crippen LogP contribution in [-0.2, 0) is 0 Å². The smallest absolute Gasteiger partial charge is 0.311 e. The highest BCUT2D eigenvalue weighted by Crippen LogP contribution is 2.31. The number of hydrogen-bond donors (Lipinski definition) is 1. The van der Waals surface area contributed by atoms with E-state index in [1.54, 1.807) is 18.2 Å².